The molecule has 1 saturated carbocycles. The summed E-state index contributed by atoms with van der Waals surface area (Å²) in [5, 5.41) is 2.24. The third-order valence-corrected chi connectivity index (χ3v) is 5.68. The molecule has 0 amide bonds. The van der Waals surface area contributed by atoms with E-state index in [2.05, 4.69) is 24.3 Å². The maximum atomic E-state index is 12.9. The van der Waals surface area contributed by atoms with Crippen molar-refractivity contribution in [1.82, 2.24) is 0 Å². The van der Waals surface area contributed by atoms with Crippen LogP contribution in [-0.2, 0) is 9.47 Å². The van der Waals surface area contributed by atoms with Crippen molar-refractivity contribution in [3.05, 3.63) is 47.5 Å². The Morgan fingerprint density at radius 2 is 1.86 bits per heavy atom. The van der Waals surface area contributed by atoms with Crippen LogP contribution in [0.1, 0.15) is 41.1 Å². The van der Waals surface area contributed by atoms with Crippen molar-refractivity contribution in [3.63, 3.8) is 0 Å². The van der Waals surface area contributed by atoms with Gasteiger partial charge in [-0.15, -0.1) is 0 Å². The van der Waals surface area contributed by atoms with E-state index in [-0.39, 0.29) is 11.7 Å². The van der Waals surface area contributed by atoms with Gasteiger partial charge in [0.05, 0.1) is 13.2 Å². The van der Waals surface area contributed by atoms with E-state index in [1.54, 1.807) is 0 Å². The number of carbonyl (C=O) groups excluding carboxylic acids is 1. The number of ketones is 1. The van der Waals surface area contributed by atoms with Gasteiger partial charge in [-0.2, -0.15) is 0 Å². The lowest BCUT2D eigenvalue weighted by molar-refractivity contribution is -0.182. The summed E-state index contributed by atoms with van der Waals surface area (Å²) < 4.78 is 11.9. The third-order valence-electron chi connectivity index (χ3n) is 5.68. The molecular formula is C19H18O3. The van der Waals surface area contributed by atoms with E-state index in [0.29, 0.717) is 25.6 Å². The van der Waals surface area contributed by atoms with Crippen molar-refractivity contribution in [1.29, 1.82) is 0 Å². The Bertz CT molecular complexity index is 773. The van der Waals surface area contributed by atoms with Crippen LogP contribution in [0.25, 0.3) is 10.8 Å². The van der Waals surface area contributed by atoms with Gasteiger partial charge < -0.3 is 9.47 Å². The van der Waals surface area contributed by atoms with Gasteiger partial charge in [-0.25, -0.2) is 0 Å². The number of Topliss-reactive ketones (excluding diaryl/α,β-unsaturated/α-hetero) is 1. The van der Waals surface area contributed by atoms with E-state index in [1.165, 1.54) is 5.56 Å². The zero-order chi connectivity index (χ0) is 14.7. The fraction of sp³-hybridized carbons (Fsp3) is 0.421. The minimum absolute atomic E-state index is 0.177. The number of benzene rings is 2. The molecule has 1 saturated heterocycles. The molecule has 3 heteroatoms. The van der Waals surface area contributed by atoms with Crippen molar-refractivity contribution in [2.45, 2.75) is 31.0 Å². The van der Waals surface area contributed by atoms with Gasteiger partial charge in [-0.3, -0.25) is 4.79 Å². The highest BCUT2D eigenvalue weighted by Crippen LogP contribution is 2.55. The SMILES string of the molecule is O=C1C[C@@H]2[C@H](CCC23OCCO3)c2ccc3ccccc3c21. The van der Waals surface area contributed by atoms with Crippen LogP contribution in [-0.4, -0.2) is 24.8 Å². The molecule has 112 valence electrons. The van der Waals surface area contributed by atoms with E-state index < -0.39 is 5.79 Å². The summed E-state index contributed by atoms with van der Waals surface area (Å²) in [6.07, 6.45) is 2.50. The van der Waals surface area contributed by atoms with Crippen molar-refractivity contribution in [2.24, 2.45) is 5.92 Å². The van der Waals surface area contributed by atoms with Crippen molar-refractivity contribution in [3.8, 4) is 0 Å². The van der Waals surface area contributed by atoms with Crippen molar-refractivity contribution in [2.75, 3.05) is 13.2 Å². The van der Waals surface area contributed by atoms with Crippen LogP contribution in [0.2, 0.25) is 0 Å². The first-order valence-electron chi connectivity index (χ1n) is 8.11. The fourth-order valence-corrected chi connectivity index (χ4v) is 4.76. The van der Waals surface area contributed by atoms with Crippen LogP contribution < -0.4 is 0 Å². The maximum Gasteiger partial charge on any atom is 0.172 e. The average molecular weight is 294 g/mol. The number of fused-ring (bicyclic) bond motifs is 6. The average Bonchev–Trinajstić information content (AvgIpc) is 3.16. The molecule has 1 heterocycles. The second kappa shape index (κ2) is 4.40. The molecule has 3 aliphatic rings. The summed E-state index contributed by atoms with van der Waals surface area (Å²) in [7, 11) is 0. The Kier molecular flexibility index (Phi) is 2.56. The lowest BCUT2D eigenvalue weighted by Gasteiger charge is -2.35. The molecule has 0 unspecified atom stereocenters. The summed E-state index contributed by atoms with van der Waals surface area (Å²) in [5.41, 5.74) is 2.14. The molecule has 2 aliphatic carbocycles. The first-order valence-corrected chi connectivity index (χ1v) is 8.11. The molecule has 0 aromatic heterocycles. The minimum atomic E-state index is -0.496. The van der Waals surface area contributed by atoms with Crippen LogP contribution in [0.3, 0.4) is 0 Å². The molecule has 0 radical (unpaired) electrons. The van der Waals surface area contributed by atoms with Crippen molar-refractivity contribution < 1.29 is 14.3 Å². The second-order valence-corrected chi connectivity index (χ2v) is 6.64. The predicted octanol–water partition coefficient (Wildman–Crippen LogP) is 3.66. The van der Waals surface area contributed by atoms with E-state index in [9.17, 15) is 4.79 Å². The normalized spacial score (nSPS) is 29.0. The topological polar surface area (TPSA) is 35.5 Å². The third kappa shape index (κ3) is 1.56. The quantitative estimate of drug-likeness (QED) is 0.744. The van der Waals surface area contributed by atoms with E-state index in [1.807, 2.05) is 12.1 Å². The van der Waals surface area contributed by atoms with Gasteiger partial charge in [0.15, 0.2) is 11.6 Å². The van der Waals surface area contributed by atoms with E-state index >= 15 is 0 Å². The smallest absolute Gasteiger partial charge is 0.172 e. The zero-order valence-electron chi connectivity index (χ0n) is 12.4. The lowest BCUT2D eigenvalue weighted by Crippen LogP contribution is -2.39. The Labute approximate surface area is 129 Å². The standard InChI is InChI=1S/C19H18O3/c20-17-11-16-14(7-8-19(16)21-9-10-22-19)15-6-5-12-3-1-2-4-13(12)18(15)17/h1-6,14,16H,7-11H2/t14-,16-/m1/s1. The molecule has 1 spiro atoms. The van der Waals surface area contributed by atoms with E-state index in [0.717, 1.165) is 29.2 Å². The van der Waals surface area contributed by atoms with Crippen LogP contribution in [0, 0.1) is 5.92 Å². The van der Waals surface area contributed by atoms with Gasteiger partial charge in [0.2, 0.25) is 0 Å². The molecule has 1 aliphatic heterocycles. The Morgan fingerprint density at radius 3 is 2.73 bits per heavy atom. The first kappa shape index (κ1) is 12.8. The first-order chi connectivity index (χ1) is 10.8. The summed E-state index contributed by atoms with van der Waals surface area (Å²) in [4.78, 5) is 12.9. The molecule has 5 rings (SSSR count). The fourth-order valence-electron chi connectivity index (χ4n) is 4.76. The minimum Gasteiger partial charge on any atom is -0.347 e. The zero-order valence-corrected chi connectivity index (χ0v) is 12.4. The van der Waals surface area contributed by atoms with Crippen LogP contribution in [0.4, 0.5) is 0 Å². The lowest BCUT2D eigenvalue weighted by atomic mass is 9.73. The predicted molar refractivity (Wildman–Crippen MR) is 83.0 cm³/mol. The molecule has 2 aromatic rings. The molecule has 2 atom stereocenters. The molecule has 0 N–H and O–H groups in total. The number of carbonyl (C=O) groups is 1. The monoisotopic (exact) mass is 294 g/mol. The second-order valence-electron chi connectivity index (χ2n) is 6.64. The summed E-state index contributed by atoms with van der Waals surface area (Å²) in [5.74, 6) is 0.309. The van der Waals surface area contributed by atoms with E-state index in [4.69, 9.17) is 9.47 Å². The largest absolute Gasteiger partial charge is 0.347 e. The molecular weight excluding hydrogens is 276 g/mol. The summed E-state index contributed by atoms with van der Waals surface area (Å²) >= 11 is 0. The summed E-state index contributed by atoms with van der Waals surface area (Å²) in [6.45, 7) is 1.31. The molecule has 2 fully saturated rings. The van der Waals surface area contributed by atoms with Gasteiger partial charge in [0, 0.05) is 24.3 Å². The number of ether oxygens (including phenoxy) is 2. The molecule has 0 bridgehead atoms. The Balaban J connectivity index is 1.69. The van der Waals surface area contributed by atoms with Gasteiger partial charge in [-0.05, 0) is 28.7 Å². The van der Waals surface area contributed by atoms with Crippen LogP contribution in [0.15, 0.2) is 36.4 Å². The molecule has 2 aromatic carbocycles. The highest BCUT2D eigenvalue weighted by molar-refractivity contribution is 6.10. The highest BCUT2D eigenvalue weighted by Gasteiger charge is 2.56. The highest BCUT2D eigenvalue weighted by atomic mass is 16.7. The maximum absolute atomic E-state index is 12.9. The Morgan fingerprint density at radius 1 is 1.05 bits per heavy atom. The number of rotatable bonds is 0. The van der Waals surface area contributed by atoms with Gasteiger partial charge in [-0.1, -0.05) is 36.4 Å². The van der Waals surface area contributed by atoms with Gasteiger partial charge >= 0.3 is 0 Å². The van der Waals surface area contributed by atoms with Crippen molar-refractivity contribution >= 4 is 16.6 Å². The summed E-state index contributed by atoms with van der Waals surface area (Å²) in [6, 6.07) is 12.5. The van der Waals surface area contributed by atoms with Gasteiger partial charge in [0.25, 0.3) is 0 Å². The molecule has 22 heavy (non-hydrogen) atoms. The van der Waals surface area contributed by atoms with Gasteiger partial charge in [0.1, 0.15) is 0 Å². The Hall–Kier alpha value is -1.71. The van der Waals surface area contributed by atoms with Crippen LogP contribution >= 0.6 is 0 Å². The number of hydrogen-bond acceptors (Lipinski definition) is 3. The number of hydrogen-bond donors (Lipinski definition) is 0. The van der Waals surface area contributed by atoms with Crippen LogP contribution in [0.5, 0.6) is 0 Å². The molecule has 3 nitrogen and oxygen atoms in total.